The standard InChI is InChI=1S/C15H25N3O2/c1-11(7-8-19)10-16-15(20)17-13-5-6-14(18(3)4)12(2)9-13/h5-6,9,11,19H,7-8,10H2,1-4H3,(H2,16,17,20). The zero-order valence-electron chi connectivity index (χ0n) is 12.7. The van der Waals surface area contributed by atoms with Crippen LogP contribution < -0.4 is 15.5 Å². The fourth-order valence-electron chi connectivity index (χ4n) is 2.00. The highest BCUT2D eigenvalue weighted by atomic mass is 16.3. The van der Waals surface area contributed by atoms with Crippen LogP contribution in [0.5, 0.6) is 0 Å². The number of amides is 2. The van der Waals surface area contributed by atoms with Gasteiger partial charge in [0.2, 0.25) is 0 Å². The Bertz CT molecular complexity index is 447. The zero-order valence-corrected chi connectivity index (χ0v) is 12.7. The van der Waals surface area contributed by atoms with Crippen LogP contribution >= 0.6 is 0 Å². The molecular weight excluding hydrogens is 254 g/mol. The molecule has 0 aliphatic rings. The van der Waals surface area contributed by atoms with Gasteiger partial charge in [-0.1, -0.05) is 6.92 Å². The highest BCUT2D eigenvalue weighted by Gasteiger charge is 2.07. The van der Waals surface area contributed by atoms with E-state index in [-0.39, 0.29) is 18.6 Å². The van der Waals surface area contributed by atoms with Crippen LogP contribution in [0.2, 0.25) is 0 Å². The molecule has 0 aromatic heterocycles. The SMILES string of the molecule is Cc1cc(NC(=O)NCC(C)CCO)ccc1N(C)C. The normalized spacial score (nSPS) is 11.8. The third kappa shape index (κ3) is 5.09. The van der Waals surface area contributed by atoms with Gasteiger partial charge in [0.25, 0.3) is 0 Å². The topological polar surface area (TPSA) is 64.6 Å². The van der Waals surface area contributed by atoms with Gasteiger partial charge in [-0.05, 0) is 43.0 Å². The molecule has 0 aliphatic heterocycles. The smallest absolute Gasteiger partial charge is 0.319 e. The molecule has 3 N–H and O–H groups in total. The Morgan fingerprint density at radius 1 is 1.40 bits per heavy atom. The van der Waals surface area contributed by atoms with Gasteiger partial charge < -0.3 is 20.6 Å². The lowest BCUT2D eigenvalue weighted by Crippen LogP contribution is -2.32. The molecule has 1 unspecified atom stereocenters. The highest BCUT2D eigenvalue weighted by molar-refractivity contribution is 5.89. The molecule has 0 bridgehead atoms. The average Bonchev–Trinajstić information content (AvgIpc) is 2.36. The van der Waals surface area contributed by atoms with E-state index in [4.69, 9.17) is 5.11 Å². The summed E-state index contributed by atoms with van der Waals surface area (Å²) in [5.41, 5.74) is 3.02. The lowest BCUT2D eigenvalue weighted by molar-refractivity contribution is 0.243. The van der Waals surface area contributed by atoms with Crippen molar-refractivity contribution in [2.75, 3.05) is 37.5 Å². The molecule has 20 heavy (non-hydrogen) atoms. The van der Waals surface area contributed by atoms with Crippen molar-refractivity contribution in [1.82, 2.24) is 5.32 Å². The van der Waals surface area contributed by atoms with E-state index in [1.165, 1.54) is 0 Å². The quantitative estimate of drug-likeness (QED) is 0.748. The summed E-state index contributed by atoms with van der Waals surface area (Å²) in [4.78, 5) is 13.8. The number of urea groups is 1. The first-order chi connectivity index (χ1) is 9.43. The molecule has 1 rings (SSSR count). The molecule has 5 heteroatoms. The number of nitrogens with one attached hydrogen (secondary N) is 2. The number of nitrogens with zero attached hydrogens (tertiary/aromatic N) is 1. The Morgan fingerprint density at radius 3 is 2.65 bits per heavy atom. The first-order valence-corrected chi connectivity index (χ1v) is 6.87. The van der Waals surface area contributed by atoms with Gasteiger partial charge in [0.05, 0.1) is 0 Å². The summed E-state index contributed by atoms with van der Waals surface area (Å²) in [6, 6.07) is 5.61. The monoisotopic (exact) mass is 279 g/mol. The number of aliphatic hydroxyl groups excluding tert-OH is 1. The molecule has 1 aromatic carbocycles. The number of hydrogen-bond donors (Lipinski definition) is 3. The Labute approximate surface area is 121 Å². The van der Waals surface area contributed by atoms with E-state index in [0.717, 1.165) is 16.9 Å². The van der Waals surface area contributed by atoms with Crippen molar-refractivity contribution in [2.45, 2.75) is 20.3 Å². The summed E-state index contributed by atoms with van der Waals surface area (Å²) in [5, 5.41) is 14.4. The van der Waals surface area contributed by atoms with E-state index < -0.39 is 0 Å². The van der Waals surface area contributed by atoms with Crippen molar-refractivity contribution >= 4 is 17.4 Å². The van der Waals surface area contributed by atoms with Crippen molar-refractivity contribution in [1.29, 1.82) is 0 Å². The summed E-state index contributed by atoms with van der Waals surface area (Å²) in [7, 11) is 3.98. The summed E-state index contributed by atoms with van der Waals surface area (Å²) in [6.45, 7) is 4.71. The van der Waals surface area contributed by atoms with Gasteiger partial charge in [0.1, 0.15) is 0 Å². The van der Waals surface area contributed by atoms with Crippen LogP contribution in [0.1, 0.15) is 18.9 Å². The van der Waals surface area contributed by atoms with Crippen LogP contribution in [-0.4, -0.2) is 38.4 Å². The van der Waals surface area contributed by atoms with Crippen LogP contribution in [0, 0.1) is 12.8 Å². The Hall–Kier alpha value is -1.75. The van der Waals surface area contributed by atoms with Gasteiger partial charge in [0.15, 0.2) is 0 Å². The van der Waals surface area contributed by atoms with Crippen molar-refractivity contribution in [3.63, 3.8) is 0 Å². The summed E-state index contributed by atoms with van der Waals surface area (Å²) >= 11 is 0. The molecule has 0 saturated heterocycles. The van der Waals surface area contributed by atoms with E-state index in [9.17, 15) is 4.79 Å². The molecule has 0 radical (unpaired) electrons. The van der Waals surface area contributed by atoms with E-state index >= 15 is 0 Å². The molecule has 0 aliphatic carbocycles. The summed E-state index contributed by atoms with van der Waals surface area (Å²) < 4.78 is 0. The van der Waals surface area contributed by atoms with Crippen LogP contribution in [0.15, 0.2) is 18.2 Å². The lowest BCUT2D eigenvalue weighted by atomic mass is 10.1. The van der Waals surface area contributed by atoms with Gasteiger partial charge in [-0.3, -0.25) is 0 Å². The Balaban J connectivity index is 2.52. The van der Waals surface area contributed by atoms with E-state index in [1.54, 1.807) is 0 Å². The molecule has 112 valence electrons. The summed E-state index contributed by atoms with van der Waals surface area (Å²) in [5.74, 6) is 0.267. The minimum Gasteiger partial charge on any atom is -0.396 e. The number of aryl methyl sites for hydroxylation is 1. The van der Waals surface area contributed by atoms with Crippen LogP contribution in [0.3, 0.4) is 0 Å². The highest BCUT2D eigenvalue weighted by Crippen LogP contribution is 2.21. The number of aliphatic hydroxyl groups is 1. The second-order valence-corrected chi connectivity index (χ2v) is 5.35. The second-order valence-electron chi connectivity index (χ2n) is 5.35. The minimum atomic E-state index is -0.216. The molecule has 0 fully saturated rings. The van der Waals surface area contributed by atoms with Crippen molar-refractivity contribution in [2.24, 2.45) is 5.92 Å². The molecule has 1 aromatic rings. The number of carbonyl (C=O) groups is 1. The van der Waals surface area contributed by atoms with E-state index in [2.05, 4.69) is 10.6 Å². The van der Waals surface area contributed by atoms with Gasteiger partial charge in [0, 0.05) is 38.6 Å². The van der Waals surface area contributed by atoms with Gasteiger partial charge >= 0.3 is 6.03 Å². The molecule has 0 heterocycles. The maximum atomic E-state index is 11.8. The number of rotatable bonds is 6. The third-order valence-corrected chi connectivity index (χ3v) is 3.17. The predicted octanol–water partition coefficient (Wildman–Crippen LogP) is 2.20. The van der Waals surface area contributed by atoms with Crippen molar-refractivity contribution in [3.8, 4) is 0 Å². The van der Waals surface area contributed by atoms with Crippen LogP contribution in [-0.2, 0) is 0 Å². The first kappa shape index (κ1) is 16.3. The predicted molar refractivity (Wildman–Crippen MR) is 83.4 cm³/mol. The maximum absolute atomic E-state index is 11.8. The van der Waals surface area contributed by atoms with Crippen LogP contribution in [0.4, 0.5) is 16.2 Å². The molecular formula is C15H25N3O2. The van der Waals surface area contributed by atoms with Crippen LogP contribution in [0.25, 0.3) is 0 Å². The molecule has 1 atom stereocenters. The van der Waals surface area contributed by atoms with Gasteiger partial charge in [-0.2, -0.15) is 0 Å². The molecule has 5 nitrogen and oxygen atoms in total. The molecule has 0 spiro atoms. The maximum Gasteiger partial charge on any atom is 0.319 e. The number of hydrogen-bond acceptors (Lipinski definition) is 3. The fourth-order valence-corrected chi connectivity index (χ4v) is 2.00. The fraction of sp³-hybridized carbons (Fsp3) is 0.533. The van der Waals surface area contributed by atoms with Crippen molar-refractivity contribution in [3.05, 3.63) is 23.8 Å². The van der Waals surface area contributed by atoms with E-state index in [1.807, 2.05) is 51.0 Å². The Morgan fingerprint density at radius 2 is 2.10 bits per heavy atom. The zero-order chi connectivity index (χ0) is 15.1. The number of carbonyl (C=O) groups excluding carboxylic acids is 1. The molecule has 2 amide bonds. The molecule has 0 saturated carbocycles. The summed E-state index contributed by atoms with van der Waals surface area (Å²) in [6.07, 6.45) is 0.691. The average molecular weight is 279 g/mol. The number of benzene rings is 1. The van der Waals surface area contributed by atoms with Gasteiger partial charge in [-0.25, -0.2) is 4.79 Å². The van der Waals surface area contributed by atoms with Gasteiger partial charge in [-0.15, -0.1) is 0 Å². The van der Waals surface area contributed by atoms with Crippen molar-refractivity contribution < 1.29 is 9.90 Å². The Kier molecular flexibility index (Phi) is 6.31. The minimum absolute atomic E-state index is 0.148. The third-order valence-electron chi connectivity index (χ3n) is 3.17. The second kappa shape index (κ2) is 7.75. The van der Waals surface area contributed by atoms with E-state index in [0.29, 0.717) is 13.0 Å². The lowest BCUT2D eigenvalue weighted by Gasteiger charge is -2.17. The number of anilines is 2. The largest absolute Gasteiger partial charge is 0.396 e. The first-order valence-electron chi connectivity index (χ1n) is 6.87.